The van der Waals surface area contributed by atoms with Crippen LogP contribution in [0.2, 0.25) is 0 Å². The van der Waals surface area contributed by atoms with Crippen molar-refractivity contribution in [3.05, 3.63) is 36.4 Å². The summed E-state index contributed by atoms with van der Waals surface area (Å²) in [5.74, 6) is 1.39. The summed E-state index contributed by atoms with van der Waals surface area (Å²) < 4.78 is 11.1. The van der Waals surface area contributed by atoms with Gasteiger partial charge in [-0.1, -0.05) is 24.8 Å². The minimum absolute atomic E-state index is 0.584. The number of pyridine rings is 1. The first kappa shape index (κ1) is 12.4. The lowest BCUT2D eigenvalue weighted by Crippen LogP contribution is -1.99. The maximum Gasteiger partial charge on any atom is 0.217 e. The van der Waals surface area contributed by atoms with Crippen molar-refractivity contribution in [3.8, 4) is 11.6 Å². The second-order valence-electron chi connectivity index (χ2n) is 3.77. The van der Waals surface area contributed by atoms with E-state index in [0.29, 0.717) is 19.1 Å². The van der Waals surface area contributed by atoms with Gasteiger partial charge in [0.2, 0.25) is 5.88 Å². The normalized spacial score (nSPS) is 10.3. The third-order valence-corrected chi connectivity index (χ3v) is 2.62. The summed E-state index contributed by atoms with van der Waals surface area (Å²) in [5, 5.41) is 0.984. The van der Waals surface area contributed by atoms with Gasteiger partial charge in [0.15, 0.2) is 0 Å². The van der Waals surface area contributed by atoms with Crippen molar-refractivity contribution in [3.63, 3.8) is 0 Å². The van der Waals surface area contributed by atoms with Crippen molar-refractivity contribution in [2.24, 2.45) is 0 Å². The second kappa shape index (κ2) is 5.54. The minimum Gasteiger partial charge on any atom is -0.493 e. The molecule has 1 aromatic heterocycles. The van der Waals surface area contributed by atoms with Crippen LogP contribution in [-0.2, 0) is 0 Å². The molecule has 0 unspecified atom stereocenters. The number of hydrogen-bond donors (Lipinski definition) is 0. The van der Waals surface area contributed by atoms with Gasteiger partial charge < -0.3 is 9.47 Å². The molecule has 3 nitrogen and oxygen atoms in total. The first-order valence-corrected chi connectivity index (χ1v) is 6.12. The van der Waals surface area contributed by atoms with Crippen molar-refractivity contribution in [2.45, 2.75) is 13.8 Å². The van der Waals surface area contributed by atoms with Gasteiger partial charge in [-0.05, 0) is 19.9 Å². The Morgan fingerprint density at radius 1 is 1.22 bits per heavy atom. The van der Waals surface area contributed by atoms with Gasteiger partial charge in [-0.25, -0.2) is 4.98 Å². The van der Waals surface area contributed by atoms with Crippen LogP contribution in [0.15, 0.2) is 30.8 Å². The van der Waals surface area contributed by atoms with E-state index in [1.165, 1.54) is 0 Å². The third kappa shape index (κ3) is 2.30. The fraction of sp³-hybridized carbons (Fsp3) is 0.267. The highest BCUT2D eigenvalue weighted by atomic mass is 16.5. The van der Waals surface area contributed by atoms with Gasteiger partial charge >= 0.3 is 0 Å². The lowest BCUT2D eigenvalue weighted by atomic mass is 10.1. The van der Waals surface area contributed by atoms with Crippen LogP contribution in [0.25, 0.3) is 17.0 Å². The van der Waals surface area contributed by atoms with Crippen LogP contribution in [0.3, 0.4) is 0 Å². The van der Waals surface area contributed by atoms with Crippen molar-refractivity contribution in [1.29, 1.82) is 0 Å². The minimum atomic E-state index is 0.584. The number of hydrogen-bond acceptors (Lipinski definition) is 3. The molecule has 2 rings (SSSR count). The highest BCUT2D eigenvalue weighted by Crippen LogP contribution is 2.30. The first-order chi connectivity index (χ1) is 8.80. The quantitative estimate of drug-likeness (QED) is 0.802. The lowest BCUT2D eigenvalue weighted by Gasteiger charge is -2.11. The molecule has 0 aliphatic rings. The number of rotatable bonds is 5. The summed E-state index contributed by atoms with van der Waals surface area (Å²) in [6.45, 7) is 8.91. The Morgan fingerprint density at radius 2 is 2.00 bits per heavy atom. The van der Waals surface area contributed by atoms with E-state index < -0.39 is 0 Å². The van der Waals surface area contributed by atoms with E-state index in [1.54, 1.807) is 6.08 Å². The molecular weight excluding hydrogens is 226 g/mol. The smallest absolute Gasteiger partial charge is 0.217 e. The van der Waals surface area contributed by atoms with Crippen molar-refractivity contribution in [2.75, 3.05) is 13.2 Å². The number of para-hydroxylation sites is 1. The Morgan fingerprint density at radius 3 is 2.67 bits per heavy atom. The summed E-state index contributed by atoms with van der Waals surface area (Å²) >= 11 is 0. The molecule has 0 bridgehead atoms. The largest absolute Gasteiger partial charge is 0.493 e. The lowest BCUT2D eigenvalue weighted by molar-refractivity contribution is 0.317. The van der Waals surface area contributed by atoms with Crippen LogP contribution in [0, 0.1) is 0 Å². The van der Waals surface area contributed by atoms with Crippen LogP contribution in [0.1, 0.15) is 19.4 Å². The number of nitrogens with zero attached hydrogens (tertiary/aromatic N) is 1. The zero-order valence-corrected chi connectivity index (χ0v) is 10.8. The number of benzene rings is 1. The van der Waals surface area contributed by atoms with Crippen LogP contribution < -0.4 is 9.47 Å². The zero-order valence-electron chi connectivity index (χ0n) is 10.8. The molecule has 0 saturated carbocycles. The molecule has 1 heterocycles. The first-order valence-electron chi connectivity index (χ1n) is 6.12. The Kier molecular flexibility index (Phi) is 3.82. The van der Waals surface area contributed by atoms with Gasteiger partial charge in [-0.3, -0.25) is 0 Å². The molecule has 0 saturated heterocycles. The van der Waals surface area contributed by atoms with Crippen molar-refractivity contribution in [1.82, 2.24) is 4.98 Å². The predicted octanol–water partition coefficient (Wildman–Crippen LogP) is 3.68. The van der Waals surface area contributed by atoms with Gasteiger partial charge in [0, 0.05) is 17.0 Å². The number of ether oxygens (including phenoxy) is 2. The van der Waals surface area contributed by atoms with Gasteiger partial charge in [0.25, 0.3) is 0 Å². The molecule has 0 radical (unpaired) electrons. The predicted molar refractivity (Wildman–Crippen MR) is 74.2 cm³/mol. The van der Waals surface area contributed by atoms with Crippen LogP contribution >= 0.6 is 0 Å². The summed E-state index contributed by atoms with van der Waals surface area (Å²) in [7, 11) is 0. The standard InChI is InChI=1S/C15H17NO2/c1-4-11-8-7-9-12-13(17-5-2)10-14(18-6-3)16-15(11)12/h4,7-10H,1,5-6H2,2-3H3. The molecular formula is C15H17NO2. The Bertz CT molecular complexity index is 564. The van der Waals surface area contributed by atoms with Crippen LogP contribution in [-0.4, -0.2) is 18.2 Å². The van der Waals surface area contributed by atoms with E-state index in [0.717, 1.165) is 22.2 Å². The van der Waals surface area contributed by atoms with Crippen LogP contribution in [0.5, 0.6) is 11.6 Å². The van der Waals surface area contributed by atoms with Gasteiger partial charge in [0.05, 0.1) is 18.7 Å². The van der Waals surface area contributed by atoms with E-state index in [4.69, 9.17) is 9.47 Å². The van der Waals surface area contributed by atoms with Crippen LogP contribution in [0.4, 0.5) is 0 Å². The molecule has 18 heavy (non-hydrogen) atoms. The van der Waals surface area contributed by atoms with Gasteiger partial charge in [0.1, 0.15) is 5.75 Å². The SMILES string of the molecule is C=Cc1cccc2c(OCC)cc(OCC)nc12. The molecule has 0 aliphatic carbocycles. The molecule has 0 atom stereocenters. The molecule has 1 aromatic carbocycles. The highest BCUT2D eigenvalue weighted by Gasteiger charge is 2.09. The third-order valence-electron chi connectivity index (χ3n) is 2.62. The molecule has 0 fully saturated rings. The number of fused-ring (bicyclic) bond motifs is 1. The Balaban J connectivity index is 2.68. The topological polar surface area (TPSA) is 31.4 Å². The summed E-state index contributed by atoms with van der Waals surface area (Å²) in [4.78, 5) is 4.51. The molecule has 0 amide bonds. The van der Waals surface area contributed by atoms with Gasteiger partial charge in [-0.2, -0.15) is 0 Å². The second-order valence-corrected chi connectivity index (χ2v) is 3.77. The molecule has 0 spiro atoms. The van der Waals surface area contributed by atoms with E-state index in [9.17, 15) is 0 Å². The average Bonchev–Trinajstić information content (AvgIpc) is 2.39. The average molecular weight is 243 g/mol. The maximum absolute atomic E-state index is 5.65. The summed E-state index contributed by atoms with van der Waals surface area (Å²) in [6.07, 6.45) is 1.79. The number of aromatic nitrogens is 1. The summed E-state index contributed by atoms with van der Waals surface area (Å²) in [6, 6.07) is 7.79. The molecule has 3 heteroatoms. The Labute approximate surface area is 107 Å². The monoisotopic (exact) mass is 243 g/mol. The molecule has 0 N–H and O–H groups in total. The maximum atomic E-state index is 5.65. The molecule has 0 aliphatic heterocycles. The highest BCUT2D eigenvalue weighted by molar-refractivity contribution is 5.92. The fourth-order valence-corrected chi connectivity index (χ4v) is 1.88. The molecule has 94 valence electrons. The van der Waals surface area contributed by atoms with Crippen molar-refractivity contribution >= 4 is 17.0 Å². The molecule has 2 aromatic rings. The van der Waals surface area contributed by atoms with E-state index >= 15 is 0 Å². The van der Waals surface area contributed by atoms with E-state index in [2.05, 4.69) is 11.6 Å². The van der Waals surface area contributed by atoms with E-state index in [-0.39, 0.29) is 0 Å². The zero-order chi connectivity index (χ0) is 13.0. The Hall–Kier alpha value is -2.03. The van der Waals surface area contributed by atoms with Gasteiger partial charge in [-0.15, -0.1) is 0 Å². The fourth-order valence-electron chi connectivity index (χ4n) is 1.88. The van der Waals surface area contributed by atoms with Crippen molar-refractivity contribution < 1.29 is 9.47 Å². The van der Waals surface area contributed by atoms with E-state index in [1.807, 2.05) is 38.1 Å². The summed E-state index contributed by atoms with van der Waals surface area (Å²) in [5.41, 5.74) is 1.84.